The number of hydrogen-bond donors (Lipinski definition) is 0. The van der Waals surface area contributed by atoms with E-state index in [1.807, 2.05) is 52.5 Å². The first kappa shape index (κ1) is 18.8. The molecule has 0 amide bonds. The molecular formula is C25H24N4. The molecule has 0 aliphatic carbocycles. The average molecular weight is 380 g/mol. The van der Waals surface area contributed by atoms with Crippen LogP contribution in [0.25, 0.3) is 33.9 Å². The lowest BCUT2D eigenvalue weighted by Crippen LogP contribution is -2.07. The van der Waals surface area contributed by atoms with Crippen LogP contribution in [0.2, 0.25) is 0 Å². The van der Waals surface area contributed by atoms with Crippen LogP contribution in [0.5, 0.6) is 0 Å². The van der Waals surface area contributed by atoms with Gasteiger partial charge in [0.1, 0.15) is 0 Å². The molecule has 0 atom stereocenters. The smallest absolute Gasteiger partial charge is 0.0900 e. The van der Waals surface area contributed by atoms with Crippen molar-refractivity contribution in [1.29, 1.82) is 0 Å². The summed E-state index contributed by atoms with van der Waals surface area (Å²) in [5, 5.41) is 0. The van der Waals surface area contributed by atoms with E-state index in [4.69, 9.17) is 4.98 Å². The second-order valence-electron chi connectivity index (χ2n) is 7.51. The van der Waals surface area contributed by atoms with E-state index in [2.05, 4.69) is 63.4 Å². The van der Waals surface area contributed by atoms with Gasteiger partial charge in [-0.15, -0.1) is 0 Å². The minimum atomic E-state index is 0.844. The third-order valence-corrected chi connectivity index (χ3v) is 4.89. The lowest BCUT2D eigenvalue weighted by atomic mass is 10.0. The van der Waals surface area contributed by atoms with E-state index in [0.29, 0.717) is 0 Å². The molecule has 0 saturated heterocycles. The van der Waals surface area contributed by atoms with Gasteiger partial charge in [0.2, 0.25) is 0 Å². The summed E-state index contributed by atoms with van der Waals surface area (Å²) in [6, 6.07) is 20.9. The molecule has 4 heteroatoms. The third-order valence-electron chi connectivity index (χ3n) is 4.89. The predicted octanol–water partition coefficient (Wildman–Crippen LogP) is 5.56. The average Bonchev–Trinajstić information content (AvgIpc) is 2.74. The summed E-state index contributed by atoms with van der Waals surface area (Å²) >= 11 is 0. The van der Waals surface area contributed by atoms with Gasteiger partial charge in [0, 0.05) is 32.2 Å². The molecule has 0 saturated carbocycles. The highest BCUT2D eigenvalue weighted by Crippen LogP contribution is 2.30. The van der Waals surface area contributed by atoms with Gasteiger partial charge in [-0.1, -0.05) is 24.3 Å². The van der Waals surface area contributed by atoms with Crippen molar-refractivity contribution in [2.24, 2.45) is 0 Å². The van der Waals surface area contributed by atoms with E-state index in [1.54, 1.807) is 0 Å². The fourth-order valence-corrected chi connectivity index (χ4v) is 3.15. The van der Waals surface area contributed by atoms with Gasteiger partial charge in [-0.25, -0.2) is 4.98 Å². The molecule has 0 unspecified atom stereocenters. The van der Waals surface area contributed by atoms with Crippen LogP contribution < -0.4 is 4.90 Å². The minimum Gasteiger partial charge on any atom is -0.378 e. The summed E-state index contributed by atoms with van der Waals surface area (Å²) in [5.41, 5.74) is 9.07. The maximum Gasteiger partial charge on any atom is 0.0900 e. The molecule has 0 spiro atoms. The van der Waals surface area contributed by atoms with Gasteiger partial charge >= 0.3 is 0 Å². The molecule has 0 aliphatic rings. The summed E-state index contributed by atoms with van der Waals surface area (Å²) in [4.78, 5) is 16.1. The van der Waals surface area contributed by atoms with Crippen LogP contribution in [0, 0.1) is 13.8 Å². The van der Waals surface area contributed by atoms with E-state index in [0.717, 1.165) is 45.0 Å². The predicted molar refractivity (Wildman–Crippen MR) is 120 cm³/mol. The van der Waals surface area contributed by atoms with E-state index in [1.165, 1.54) is 5.69 Å². The molecular weight excluding hydrogens is 356 g/mol. The van der Waals surface area contributed by atoms with Crippen molar-refractivity contribution < 1.29 is 0 Å². The fourth-order valence-electron chi connectivity index (χ4n) is 3.15. The van der Waals surface area contributed by atoms with Crippen molar-refractivity contribution in [1.82, 2.24) is 15.0 Å². The van der Waals surface area contributed by atoms with Crippen molar-refractivity contribution in [3.05, 3.63) is 84.2 Å². The number of pyridine rings is 3. The monoisotopic (exact) mass is 380 g/mol. The standard InChI is InChI=1S/C25H24N4/c1-17-5-11-22(26-15-17)24-13-20(19-7-9-21(10-8-19)29(3)4)14-25(28-24)23-12-6-18(2)16-27-23/h5-16H,1-4H3. The maximum absolute atomic E-state index is 4.87. The molecule has 0 fully saturated rings. The molecule has 29 heavy (non-hydrogen) atoms. The van der Waals surface area contributed by atoms with Crippen molar-refractivity contribution in [2.75, 3.05) is 19.0 Å². The number of rotatable bonds is 4. The highest BCUT2D eigenvalue weighted by atomic mass is 15.1. The normalized spacial score (nSPS) is 10.8. The van der Waals surface area contributed by atoms with Crippen molar-refractivity contribution in [3.63, 3.8) is 0 Å². The zero-order valence-electron chi connectivity index (χ0n) is 17.2. The number of benzene rings is 1. The Morgan fingerprint density at radius 3 is 1.52 bits per heavy atom. The van der Waals surface area contributed by atoms with Crippen LogP contribution in [0.4, 0.5) is 5.69 Å². The van der Waals surface area contributed by atoms with Gasteiger partial charge < -0.3 is 4.90 Å². The number of aromatic nitrogens is 3. The Balaban J connectivity index is 1.85. The van der Waals surface area contributed by atoms with Crippen LogP contribution in [0.1, 0.15) is 11.1 Å². The lowest BCUT2D eigenvalue weighted by Gasteiger charge is -2.14. The Hall–Kier alpha value is -3.53. The third kappa shape index (κ3) is 4.16. The van der Waals surface area contributed by atoms with Gasteiger partial charge in [0.05, 0.1) is 22.8 Å². The Morgan fingerprint density at radius 2 is 1.10 bits per heavy atom. The number of anilines is 1. The van der Waals surface area contributed by atoms with Crippen LogP contribution in [-0.2, 0) is 0 Å². The van der Waals surface area contributed by atoms with Crippen molar-refractivity contribution in [2.45, 2.75) is 13.8 Å². The van der Waals surface area contributed by atoms with Crippen molar-refractivity contribution >= 4 is 5.69 Å². The lowest BCUT2D eigenvalue weighted by molar-refractivity contribution is 1.13. The van der Waals surface area contributed by atoms with Crippen LogP contribution in [0.15, 0.2) is 73.1 Å². The first-order chi connectivity index (χ1) is 14.0. The molecule has 3 aromatic heterocycles. The van der Waals surface area contributed by atoms with Gasteiger partial charge in [-0.05, 0) is 72.5 Å². The molecule has 0 N–H and O–H groups in total. The van der Waals surface area contributed by atoms with Gasteiger partial charge in [-0.3, -0.25) is 9.97 Å². The van der Waals surface area contributed by atoms with Gasteiger partial charge in [0.15, 0.2) is 0 Å². The van der Waals surface area contributed by atoms with Gasteiger partial charge in [0.25, 0.3) is 0 Å². The van der Waals surface area contributed by atoms with Crippen LogP contribution in [-0.4, -0.2) is 29.0 Å². The Bertz CT molecular complexity index is 1050. The first-order valence-corrected chi connectivity index (χ1v) is 9.65. The van der Waals surface area contributed by atoms with Crippen LogP contribution >= 0.6 is 0 Å². The Kier molecular flexibility index (Phi) is 5.09. The van der Waals surface area contributed by atoms with E-state index >= 15 is 0 Å². The number of aryl methyl sites for hydroxylation is 2. The molecule has 144 valence electrons. The maximum atomic E-state index is 4.87. The Morgan fingerprint density at radius 1 is 0.586 bits per heavy atom. The Labute approximate surface area is 171 Å². The number of hydrogen-bond acceptors (Lipinski definition) is 4. The van der Waals surface area contributed by atoms with E-state index in [-0.39, 0.29) is 0 Å². The highest BCUT2D eigenvalue weighted by molar-refractivity contribution is 5.75. The molecule has 1 aromatic carbocycles. The second-order valence-corrected chi connectivity index (χ2v) is 7.51. The molecule has 0 bridgehead atoms. The SMILES string of the molecule is Cc1ccc(-c2cc(-c3ccc(N(C)C)cc3)cc(-c3ccc(C)cn3)n2)nc1. The zero-order chi connectivity index (χ0) is 20.4. The van der Waals surface area contributed by atoms with E-state index < -0.39 is 0 Å². The first-order valence-electron chi connectivity index (χ1n) is 9.65. The summed E-state index contributed by atoms with van der Waals surface area (Å²) in [6.45, 7) is 4.07. The molecule has 4 aromatic rings. The zero-order valence-corrected chi connectivity index (χ0v) is 17.2. The van der Waals surface area contributed by atoms with Gasteiger partial charge in [-0.2, -0.15) is 0 Å². The summed E-state index contributed by atoms with van der Waals surface area (Å²) in [5.74, 6) is 0. The molecule has 0 radical (unpaired) electrons. The minimum absolute atomic E-state index is 0.844. The summed E-state index contributed by atoms with van der Waals surface area (Å²) in [6.07, 6.45) is 3.75. The highest BCUT2D eigenvalue weighted by Gasteiger charge is 2.11. The van der Waals surface area contributed by atoms with Crippen molar-refractivity contribution in [3.8, 4) is 33.9 Å². The summed E-state index contributed by atoms with van der Waals surface area (Å²) < 4.78 is 0. The quantitative estimate of drug-likeness (QED) is 0.465. The second kappa shape index (κ2) is 7.84. The molecule has 0 aliphatic heterocycles. The van der Waals surface area contributed by atoms with Crippen LogP contribution in [0.3, 0.4) is 0 Å². The summed E-state index contributed by atoms with van der Waals surface area (Å²) in [7, 11) is 4.09. The topological polar surface area (TPSA) is 41.9 Å². The van der Waals surface area contributed by atoms with E-state index in [9.17, 15) is 0 Å². The largest absolute Gasteiger partial charge is 0.378 e. The molecule has 4 rings (SSSR count). The fraction of sp³-hybridized carbons (Fsp3) is 0.160. The molecule has 4 nitrogen and oxygen atoms in total. The number of nitrogens with zero attached hydrogens (tertiary/aromatic N) is 4. The molecule has 3 heterocycles.